The van der Waals surface area contributed by atoms with Crippen molar-refractivity contribution in [2.45, 2.75) is 46.5 Å². The van der Waals surface area contributed by atoms with Crippen LogP contribution < -0.4 is 10.0 Å². The topological polar surface area (TPSA) is 78.5 Å². The first kappa shape index (κ1) is 23.4. The molecule has 1 aromatic carbocycles. The molecular formula is C20H22F3N3O3S3. The molecule has 5 rings (SSSR count). The van der Waals surface area contributed by atoms with Gasteiger partial charge in [-0.1, -0.05) is 17.8 Å². The maximum absolute atomic E-state index is 12.8. The Morgan fingerprint density at radius 2 is 1.91 bits per heavy atom. The largest absolute Gasteiger partial charge is 0.516 e. The number of benzene rings is 1. The number of anilines is 1. The highest BCUT2D eigenvalue weighted by Crippen LogP contribution is 2.36. The zero-order chi connectivity index (χ0) is 23.1. The molecule has 1 amide bonds. The van der Waals surface area contributed by atoms with E-state index in [0.29, 0.717) is 21.7 Å². The fourth-order valence-corrected chi connectivity index (χ4v) is 6.84. The third-order valence-electron chi connectivity index (χ3n) is 5.89. The summed E-state index contributed by atoms with van der Waals surface area (Å²) in [6.07, 6.45) is 2.19. The average Bonchev–Trinajstić information content (AvgIpc) is 3.18. The lowest BCUT2D eigenvalue weighted by molar-refractivity contribution is -0.0429. The lowest BCUT2D eigenvalue weighted by Gasteiger charge is -2.49. The number of thiophene rings is 1. The van der Waals surface area contributed by atoms with Crippen molar-refractivity contribution in [2.24, 2.45) is 5.92 Å². The van der Waals surface area contributed by atoms with Gasteiger partial charge in [-0.05, 0) is 69.1 Å². The Kier molecular flexibility index (Phi) is 6.49. The van der Waals surface area contributed by atoms with Crippen LogP contribution in [0.4, 0.5) is 18.9 Å². The van der Waals surface area contributed by atoms with Gasteiger partial charge in [0.05, 0.1) is 9.09 Å². The number of nitrogens with zero attached hydrogens (tertiary/aromatic N) is 1. The minimum atomic E-state index is -5.48. The van der Waals surface area contributed by atoms with Crippen LogP contribution in [-0.2, 0) is 10.0 Å². The monoisotopic (exact) mass is 505 g/mol. The summed E-state index contributed by atoms with van der Waals surface area (Å²) in [4.78, 5) is 16.3. The van der Waals surface area contributed by atoms with E-state index >= 15 is 0 Å². The quantitative estimate of drug-likeness (QED) is 0.610. The predicted molar refractivity (Wildman–Crippen MR) is 118 cm³/mol. The van der Waals surface area contributed by atoms with Crippen molar-refractivity contribution in [3.8, 4) is 0 Å². The van der Waals surface area contributed by atoms with E-state index in [1.807, 2.05) is 0 Å². The Hall–Kier alpha value is -1.76. The van der Waals surface area contributed by atoms with Crippen LogP contribution in [0.5, 0.6) is 0 Å². The van der Waals surface area contributed by atoms with Gasteiger partial charge in [-0.15, -0.1) is 11.3 Å². The number of hydrogen-bond donors (Lipinski definition) is 2. The molecule has 174 valence electrons. The Balaban J connectivity index is 1.41. The molecule has 4 heterocycles. The number of fused-ring (bicyclic) bond motifs is 3. The van der Waals surface area contributed by atoms with E-state index in [1.165, 1.54) is 46.0 Å². The van der Waals surface area contributed by atoms with Gasteiger partial charge in [0, 0.05) is 22.7 Å². The molecule has 2 N–H and O–H groups in total. The van der Waals surface area contributed by atoms with E-state index in [2.05, 4.69) is 17.1 Å². The first-order chi connectivity index (χ1) is 15.0. The molecule has 3 aliphatic heterocycles. The molecule has 3 saturated heterocycles. The van der Waals surface area contributed by atoms with Gasteiger partial charge < -0.3 is 5.32 Å². The average molecular weight is 506 g/mol. The number of piperidine rings is 3. The number of nitrogens with one attached hydrogen (secondary N) is 2. The Morgan fingerprint density at radius 3 is 2.56 bits per heavy atom. The minimum absolute atomic E-state index is 0.126. The number of carbonyl (C=O) groups is 1. The van der Waals surface area contributed by atoms with Gasteiger partial charge in [-0.2, -0.15) is 21.6 Å². The van der Waals surface area contributed by atoms with Crippen LogP contribution in [0.2, 0.25) is 0 Å². The molecule has 3 fully saturated rings. The van der Waals surface area contributed by atoms with Gasteiger partial charge in [-0.25, -0.2) is 0 Å². The summed E-state index contributed by atoms with van der Waals surface area (Å²) in [5.41, 5.74) is -5.57. The summed E-state index contributed by atoms with van der Waals surface area (Å²) < 4.78 is 62.7. The maximum Gasteiger partial charge on any atom is 0.516 e. The van der Waals surface area contributed by atoms with Crippen LogP contribution in [-0.4, -0.2) is 49.9 Å². The van der Waals surface area contributed by atoms with Crippen LogP contribution in [0.25, 0.3) is 0 Å². The van der Waals surface area contributed by atoms with Crippen molar-refractivity contribution >= 4 is 44.7 Å². The van der Waals surface area contributed by atoms with E-state index in [-0.39, 0.29) is 17.6 Å². The van der Waals surface area contributed by atoms with E-state index in [9.17, 15) is 26.4 Å². The third kappa shape index (κ3) is 4.92. The van der Waals surface area contributed by atoms with Gasteiger partial charge in [-0.3, -0.25) is 14.4 Å². The predicted octanol–water partition coefficient (Wildman–Crippen LogP) is 4.37. The smallest absolute Gasteiger partial charge is 0.347 e. The Bertz CT molecular complexity index is 1090. The van der Waals surface area contributed by atoms with Gasteiger partial charge >= 0.3 is 15.5 Å². The van der Waals surface area contributed by atoms with Crippen LogP contribution >= 0.6 is 23.1 Å². The second kappa shape index (κ2) is 8.88. The van der Waals surface area contributed by atoms with E-state index in [4.69, 9.17) is 0 Å². The Morgan fingerprint density at radius 1 is 1.19 bits per heavy atom. The maximum atomic E-state index is 12.8. The highest BCUT2D eigenvalue weighted by Gasteiger charge is 2.46. The van der Waals surface area contributed by atoms with Gasteiger partial charge in [0.1, 0.15) is 0 Å². The fourth-order valence-electron chi connectivity index (χ4n) is 4.22. The van der Waals surface area contributed by atoms with Gasteiger partial charge in [0.25, 0.3) is 5.91 Å². The fraction of sp³-hybridized carbons (Fsp3) is 0.450. The number of sulfonamides is 1. The molecule has 6 nitrogen and oxygen atoms in total. The summed E-state index contributed by atoms with van der Waals surface area (Å²) in [6.45, 7) is 4.30. The number of alkyl halides is 3. The molecule has 1 aromatic heterocycles. The molecule has 0 unspecified atom stereocenters. The van der Waals surface area contributed by atoms with E-state index in [1.54, 1.807) is 18.2 Å². The SMILES string of the molecule is C[C@@H]1[C@H](NC(=O)c2ccc(Sc3cccc(NS(=O)(=O)C(F)(F)F)c3)s2)C2CCN1CC2. The zero-order valence-corrected chi connectivity index (χ0v) is 19.5. The third-order valence-corrected chi connectivity index (χ3v) is 9.21. The lowest BCUT2D eigenvalue weighted by atomic mass is 9.79. The zero-order valence-electron chi connectivity index (χ0n) is 17.1. The van der Waals surface area contributed by atoms with Crippen molar-refractivity contribution in [2.75, 3.05) is 17.8 Å². The molecular weight excluding hydrogens is 483 g/mol. The highest BCUT2D eigenvalue weighted by atomic mass is 32.2. The van der Waals surface area contributed by atoms with Crippen molar-refractivity contribution < 1.29 is 26.4 Å². The standard InChI is InChI=1S/C20H22F3N3O3S3/c1-12-18(13-7-9-26(12)10-8-13)24-19(27)16-5-6-17(31-16)30-15-4-2-3-14(11-15)25-32(28,29)20(21,22)23/h2-6,11-13,18,25H,7-10H2,1H3,(H,24,27)/t12-,18+/m1/s1. The minimum Gasteiger partial charge on any atom is -0.347 e. The summed E-state index contributed by atoms with van der Waals surface area (Å²) >= 11 is 2.53. The van der Waals surface area contributed by atoms with Gasteiger partial charge in [0.2, 0.25) is 0 Å². The van der Waals surface area contributed by atoms with E-state index < -0.39 is 15.5 Å². The van der Waals surface area contributed by atoms with Crippen molar-refractivity contribution in [1.29, 1.82) is 0 Å². The highest BCUT2D eigenvalue weighted by molar-refractivity contribution is 8.01. The lowest BCUT2D eigenvalue weighted by Crippen LogP contribution is -2.62. The molecule has 2 bridgehead atoms. The van der Waals surface area contributed by atoms with E-state index in [0.717, 1.165) is 30.1 Å². The second-order valence-electron chi connectivity index (χ2n) is 7.91. The summed E-state index contributed by atoms with van der Waals surface area (Å²) in [7, 11) is -5.48. The normalized spacial score (nSPS) is 25.5. The molecule has 3 aliphatic rings. The van der Waals surface area contributed by atoms with Crippen molar-refractivity contribution in [1.82, 2.24) is 10.2 Å². The molecule has 2 atom stereocenters. The summed E-state index contributed by atoms with van der Waals surface area (Å²) in [6, 6.07) is 9.63. The number of hydrogen-bond acceptors (Lipinski definition) is 6. The first-order valence-electron chi connectivity index (χ1n) is 10.1. The van der Waals surface area contributed by atoms with Crippen LogP contribution in [0.15, 0.2) is 45.5 Å². The van der Waals surface area contributed by atoms with Crippen LogP contribution in [0, 0.1) is 5.92 Å². The number of rotatable bonds is 6. The Labute approximate surface area is 192 Å². The summed E-state index contributed by atoms with van der Waals surface area (Å²) in [5.74, 6) is 0.370. The number of halogens is 3. The number of carbonyl (C=O) groups excluding carboxylic acids is 1. The molecule has 0 radical (unpaired) electrons. The molecule has 2 aromatic rings. The first-order valence-corrected chi connectivity index (χ1v) is 13.2. The molecule has 0 saturated carbocycles. The summed E-state index contributed by atoms with van der Waals surface area (Å²) in [5, 5.41) is 3.18. The number of amides is 1. The van der Waals surface area contributed by atoms with Crippen LogP contribution in [0.3, 0.4) is 0 Å². The van der Waals surface area contributed by atoms with Crippen LogP contribution in [0.1, 0.15) is 29.4 Å². The molecule has 0 spiro atoms. The molecule has 12 heteroatoms. The van der Waals surface area contributed by atoms with Crippen molar-refractivity contribution in [3.05, 3.63) is 41.3 Å². The van der Waals surface area contributed by atoms with Crippen molar-refractivity contribution in [3.63, 3.8) is 0 Å². The molecule has 0 aliphatic carbocycles. The molecule has 32 heavy (non-hydrogen) atoms. The van der Waals surface area contributed by atoms with Gasteiger partial charge in [0.15, 0.2) is 0 Å². The second-order valence-corrected chi connectivity index (χ2v) is 12.0.